The lowest BCUT2D eigenvalue weighted by molar-refractivity contribution is 0.669. The molecule has 0 amide bonds. The van der Waals surface area contributed by atoms with Crippen molar-refractivity contribution in [2.24, 2.45) is 0 Å². The first-order valence-electron chi connectivity index (χ1n) is 17.4. The van der Waals surface area contributed by atoms with Gasteiger partial charge < -0.3 is 13.9 Å². The van der Waals surface area contributed by atoms with Crippen LogP contribution in [0.3, 0.4) is 0 Å². The van der Waals surface area contributed by atoms with Gasteiger partial charge in [-0.2, -0.15) is 0 Å². The Morgan fingerprint density at radius 3 is 1.69 bits per heavy atom. The topological polar surface area (TPSA) is 21.3 Å². The van der Waals surface area contributed by atoms with E-state index < -0.39 is 0 Å². The smallest absolute Gasteiger partial charge is 0.137 e. The monoisotopic (exact) mass is 652 g/mol. The highest BCUT2D eigenvalue weighted by Gasteiger charge is 2.20. The molecular formula is C48H32N2O. The first-order valence-corrected chi connectivity index (χ1v) is 17.4. The Hall–Kier alpha value is -6.84. The molecule has 0 aliphatic rings. The van der Waals surface area contributed by atoms with Gasteiger partial charge in [0.15, 0.2) is 0 Å². The van der Waals surface area contributed by atoms with Gasteiger partial charge >= 0.3 is 0 Å². The van der Waals surface area contributed by atoms with Crippen LogP contribution in [-0.4, -0.2) is 4.57 Å². The lowest BCUT2D eigenvalue weighted by atomic mass is 9.92. The number of benzene rings is 8. The molecule has 0 saturated carbocycles. The Bertz CT molecular complexity index is 2810. The number of rotatable bonds is 6. The van der Waals surface area contributed by atoms with Gasteiger partial charge in [0, 0.05) is 50.2 Å². The van der Waals surface area contributed by atoms with Crippen LogP contribution >= 0.6 is 0 Å². The molecule has 0 aliphatic carbocycles. The molecular weight excluding hydrogens is 621 g/mol. The summed E-state index contributed by atoms with van der Waals surface area (Å²) in [6.07, 6.45) is 0. The Labute approximate surface area is 295 Å². The molecule has 2 heterocycles. The fourth-order valence-corrected chi connectivity index (χ4v) is 7.72. The quantitative estimate of drug-likeness (QED) is 0.178. The van der Waals surface area contributed by atoms with Gasteiger partial charge in [-0.1, -0.05) is 127 Å². The van der Waals surface area contributed by atoms with E-state index in [0.29, 0.717) is 0 Å². The van der Waals surface area contributed by atoms with Gasteiger partial charge in [-0.15, -0.1) is 0 Å². The van der Waals surface area contributed by atoms with Crippen LogP contribution in [0.25, 0.3) is 71.7 Å². The summed E-state index contributed by atoms with van der Waals surface area (Å²) in [6, 6.07) is 69.2. The molecule has 0 spiro atoms. The van der Waals surface area contributed by atoms with E-state index in [1.54, 1.807) is 0 Å². The zero-order valence-electron chi connectivity index (χ0n) is 27.8. The second-order valence-electron chi connectivity index (χ2n) is 12.9. The van der Waals surface area contributed by atoms with Crippen LogP contribution in [0.5, 0.6) is 0 Å². The molecule has 0 saturated heterocycles. The summed E-state index contributed by atoms with van der Waals surface area (Å²) in [4.78, 5) is 2.32. The molecule has 10 rings (SSSR count). The average molecular weight is 653 g/mol. The van der Waals surface area contributed by atoms with Crippen LogP contribution in [0, 0.1) is 0 Å². The molecule has 0 N–H and O–H groups in total. The summed E-state index contributed by atoms with van der Waals surface area (Å²) >= 11 is 0. The van der Waals surface area contributed by atoms with Crippen molar-refractivity contribution in [3.63, 3.8) is 0 Å². The number of anilines is 3. The number of furan rings is 1. The SMILES string of the molecule is c1ccc(-c2cc(N(c3ccccc3)c3ccc4c(c3)oc3ccccc34)ccc2-c2ccccc2-n2c3ccccc3c3ccccc32)cc1. The van der Waals surface area contributed by atoms with Gasteiger partial charge in [0.1, 0.15) is 11.2 Å². The van der Waals surface area contributed by atoms with Crippen molar-refractivity contribution in [1.82, 2.24) is 4.57 Å². The predicted octanol–water partition coefficient (Wildman–Crippen LogP) is 13.5. The highest BCUT2D eigenvalue weighted by Crippen LogP contribution is 2.44. The largest absolute Gasteiger partial charge is 0.456 e. The van der Waals surface area contributed by atoms with Crippen molar-refractivity contribution in [3.05, 3.63) is 194 Å². The minimum atomic E-state index is 0.870. The van der Waals surface area contributed by atoms with Crippen molar-refractivity contribution >= 4 is 60.8 Å². The summed E-state index contributed by atoms with van der Waals surface area (Å²) in [5.74, 6) is 0. The molecule has 0 bridgehead atoms. The minimum absolute atomic E-state index is 0.870. The Balaban J connectivity index is 1.20. The Kier molecular flexibility index (Phi) is 6.81. The molecule has 2 aromatic heterocycles. The molecule has 0 radical (unpaired) electrons. The molecule has 3 heteroatoms. The maximum Gasteiger partial charge on any atom is 0.137 e. The molecule has 10 aromatic rings. The van der Waals surface area contributed by atoms with Crippen LogP contribution in [-0.2, 0) is 0 Å². The highest BCUT2D eigenvalue weighted by molar-refractivity contribution is 6.10. The first kappa shape index (κ1) is 29.1. The molecule has 0 atom stereocenters. The van der Waals surface area contributed by atoms with E-state index in [4.69, 9.17) is 4.42 Å². The lowest BCUT2D eigenvalue weighted by Crippen LogP contribution is -2.10. The van der Waals surface area contributed by atoms with Gasteiger partial charge in [-0.3, -0.25) is 0 Å². The maximum atomic E-state index is 6.37. The minimum Gasteiger partial charge on any atom is -0.456 e. The van der Waals surface area contributed by atoms with Gasteiger partial charge in [0.25, 0.3) is 0 Å². The number of hydrogen-bond acceptors (Lipinski definition) is 2. The second kappa shape index (κ2) is 11.9. The van der Waals surface area contributed by atoms with E-state index in [-0.39, 0.29) is 0 Å². The third-order valence-corrected chi connectivity index (χ3v) is 10.00. The van der Waals surface area contributed by atoms with E-state index in [0.717, 1.165) is 55.8 Å². The molecule has 51 heavy (non-hydrogen) atoms. The lowest BCUT2D eigenvalue weighted by Gasteiger charge is -2.27. The van der Waals surface area contributed by atoms with E-state index in [1.165, 1.54) is 32.9 Å². The summed E-state index contributed by atoms with van der Waals surface area (Å²) in [5.41, 5.74) is 13.1. The molecule has 0 unspecified atom stereocenters. The predicted molar refractivity (Wildman–Crippen MR) is 214 cm³/mol. The number of hydrogen-bond donors (Lipinski definition) is 0. The van der Waals surface area contributed by atoms with Gasteiger partial charge in [0.2, 0.25) is 0 Å². The van der Waals surface area contributed by atoms with Crippen molar-refractivity contribution in [2.45, 2.75) is 0 Å². The zero-order chi connectivity index (χ0) is 33.7. The molecule has 240 valence electrons. The third kappa shape index (κ3) is 4.82. The second-order valence-corrected chi connectivity index (χ2v) is 12.9. The van der Waals surface area contributed by atoms with Crippen LogP contribution in [0.4, 0.5) is 17.1 Å². The van der Waals surface area contributed by atoms with E-state index in [9.17, 15) is 0 Å². The highest BCUT2D eigenvalue weighted by atomic mass is 16.3. The molecule has 0 fully saturated rings. The van der Waals surface area contributed by atoms with Crippen LogP contribution in [0.15, 0.2) is 199 Å². The Morgan fingerprint density at radius 1 is 0.353 bits per heavy atom. The van der Waals surface area contributed by atoms with E-state index in [1.807, 2.05) is 12.1 Å². The fourth-order valence-electron chi connectivity index (χ4n) is 7.72. The third-order valence-electron chi connectivity index (χ3n) is 10.00. The molecule has 0 aliphatic heterocycles. The summed E-state index contributed by atoms with van der Waals surface area (Å²) in [7, 11) is 0. The summed E-state index contributed by atoms with van der Waals surface area (Å²) < 4.78 is 8.78. The molecule has 3 nitrogen and oxygen atoms in total. The average Bonchev–Trinajstić information content (AvgIpc) is 3.74. The van der Waals surface area contributed by atoms with E-state index in [2.05, 4.69) is 191 Å². The van der Waals surface area contributed by atoms with Crippen molar-refractivity contribution < 1.29 is 4.42 Å². The Morgan fingerprint density at radius 2 is 0.922 bits per heavy atom. The van der Waals surface area contributed by atoms with Crippen LogP contribution in [0.2, 0.25) is 0 Å². The fraction of sp³-hybridized carbons (Fsp3) is 0. The van der Waals surface area contributed by atoms with Gasteiger partial charge in [-0.05, 0) is 77.4 Å². The first-order chi connectivity index (χ1) is 25.3. The van der Waals surface area contributed by atoms with Crippen molar-refractivity contribution in [2.75, 3.05) is 4.90 Å². The van der Waals surface area contributed by atoms with Crippen molar-refractivity contribution in [3.8, 4) is 27.9 Å². The number of fused-ring (bicyclic) bond motifs is 6. The normalized spacial score (nSPS) is 11.5. The van der Waals surface area contributed by atoms with Gasteiger partial charge in [0.05, 0.1) is 16.7 Å². The summed E-state index contributed by atoms with van der Waals surface area (Å²) in [5, 5.41) is 4.75. The number of nitrogens with zero attached hydrogens (tertiary/aromatic N) is 2. The van der Waals surface area contributed by atoms with E-state index >= 15 is 0 Å². The number of aromatic nitrogens is 1. The van der Waals surface area contributed by atoms with Crippen LogP contribution < -0.4 is 4.90 Å². The molecule has 8 aromatic carbocycles. The number of para-hydroxylation sites is 5. The summed E-state index contributed by atoms with van der Waals surface area (Å²) in [6.45, 7) is 0. The maximum absolute atomic E-state index is 6.37. The zero-order valence-corrected chi connectivity index (χ0v) is 27.8. The standard InChI is InChI=1S/C48H32N2O/c1-3-15-33(16-4-1)43-31-35(49(34-17-5-2-6-18-34)36-28-30-42-41-22-10-14-26-47(41)51-48(42)32-36)27-29-37(43)38-19-7-11-23-44(38)50-45-24-12-8-20-39(45)40-21-9-13-25-46(40)50/h1-32H. The van der Waals surface area contributed by atoms with Gasteiger partial charge in [-0.25, -0.2) is 0 Å². The van der Waals surface area contributed by atoms with Crippen molar-refractivity contribution in [1.29, 1.82) is 0 Å². The van der Waals surface area contributed by atoms with Crippen LogP contribution in [0.1, 0.15) is 0 Å².